The van der Waals surface area contributed by atoms with Crippen molar-refractivity contribution >= 4 is 28.3 Å². The van der Waals surface area contributed by atoms with Crippen molar-refractivity contribution in [1.82, 2.24) is 24.4 Å². The molecule has 12 heteroatoms. The zero-order valence-electron chi connectivity index (χ0n) is 18.1. The lowest BCUT2D eigenvalue weighted by Gasteiger charge is -2.33. The van der Waals surface area contributed by atoms with Crippen LogP contribution >= 0.6 is 0 Å². The molecular weight excluding hydrogens is 453 g/mol. The molecule has 0 fully saturated rings. The van der Waals surface area contributed by atoms with E-state index < -0.39 is 23.8 Å². The first-order valence-electron chi connectivity index (χ1n) is 10.2. The molecule has 34 heavy (non-hydrogen) atoms. The number of nitrogens with two attached hydrogens (primary N) is 1. The Hall–Kier alpha value is -3.77. The van der Waals surface area contributed by atoms with E-state index in [4.69, 9.17) is 15.3 Å². The number of ether oxygens (including phenoxy) is 1. The summed E-state index contributed by atoms with van der Waals surface area (Å²) in [6.45, 7) is 1.69. The zero-order chi connectivity index (χ0) is 24.2. The monoisotopic (exact) mass is 472 g/mol. The molecule has 0 aliphatic carbocycles. The van der Waals surface area contributed by atoms with Crippen LogP contribution in [0.5, 0.6) is 0 Å². The van der Waals surface area contributed by atoms with Crippen molar-refractivity contribution in [3.63, 3.8) is 0 Å². The van der Waals surface area contributed by atoms with Crippen LogP contribution in [0.1, 0.15) is 38.9 Å². The second-order valence-corrected chi connectivity index (χ2v) is 7.88. The van der Waals surface area contributed by atoms with Crippen LogP contribution in [0.25, 0.3) is 16.6 Å². The van der Waals surface area contributed by atoms with Gasteiger partial charge in [-0.15, -0.1) is 0 Å². The Morgan fingerprint density at radius 1 is 1.26 bits per heavy atom. The number of alkyl halides is 3. The topological polar surface area (TPSA) is 108 Å². The second kappa shape index (κ2) is 7.92. The van der Waals surface area contributed by atoms with Gasteiger partial charge < -0.3 is 10.5 Å². The van der Waals surface area contributed by atoms with E-state index in [1.54, 1.807) is 36.0 Å². The summed E-state index contributed by atoms with van der Waals surface area (Å²) in [6, 6.07) is 4.81. The first-order chi connectivity index (χ1) is 16.2. The maximum atomic E-state index is 13.6. The number of amides is 1. The number of hydrogen-bond acceptors (Lipinski definition) is 7. The van der Waals surface area contributed by atoms with Crippen LogP contribution in [0.2, 0.25) is 0 Å². The van der Waals surface area contributed by atoms with E-state index in [1.165, 1.54) is 13.2 Å². The van der Waals surface area contributed by atoms with Gasteiger partial charge in [0.1, 0.15) is 23.1 Å². The lowest BCUT2D eigenvalue weighted by molar-refractivity contribution is -0.147. The van der Waals surface area contributed by atoms with E-state index >= 15 is 0 Å². The molecule has 176 valence electrons. The Kier molecular flexibility index (Phi) is 5.14. The van der Waals surface area contributed by atoms with Crippen LogP contribution in [0.3, 0.4) is 0 Å². The molecule has 1 atom stereocenters. The van der Waals surface area contributed by atoms with Crippen molar-refractivity contribution < 1.29 is 27.5 Å². The van der Waals surface area contributed by atoms with Gasteiger partial charge in [0.05, 0.1) is 49.6 Å². The number of fused-ring (bicyclic) bond motifs is 4. The number of halogens is 3. The third-order valence-corrected chi connectivity index (χ3v) is 5.81. The Morgan fingerprint density at radius 3 is 2.79 bits per heavy atom. The highest BCUT2D eigenvalue weighted by molar-refractivity contribution is 5.99. The number of hydrogen-bond donors (Lipinski definition) is 1. The molecule has 1 aromatic carbocycles. The number of aryl methyl sites for hydroxylation is 1. The molecule has 1 unspecified atom stereocenters. The van der Waals surface area contributed by atoms with E-state index in [0.29, 0.717) is 39.1 Å². The molecule has 1 aliphatic heterocycles. The number of pyridine rings is 1. The minimum atomic E-state index is -4.59. The highest BCUT2D eigenvalue weighted by atomic mass is 19.4. The summed E-state index contributed by atoms with van der Waals surface area (Å²) >= 11 is 0. The summed E-state index contributed by atoms with van der Waals surface area (Å²) in [4.78, 5) is 31.2. The van der Waals surface area contributed by atoms with Crippen molar-refractivity contribution in [3.8, 4) is 0 Å². The summed E-state index contributed by atoms with van der Waals surface area (Å²) < 4.78 is 46.5. The number of rotatable bonds is 3. The first-order valence-corrected chi connectivity index (χ1v) is 10.2. The van der Waals surface area contributed by atoms with Gasteiger partial charge >= 0.3 is 6.18 Å². The Balaban J connectivity index is 1.57. The molecule has 4 heterocycles. The van der Waals surface area contributed by atoms with Crippen LogP contribution in [0.4, 0.5) is 19.0 Å². The number of benzene rings is 1. The van der Waals surface area contributed by atoms with E-state index in [0.717, 1.165) is 11.1 Å². The van der Waals surface area contributed by atoms with Crippen molar-refractivity contribution in [2.24, 2.45) is 0 Å². The van der Waals surface area contributed by atoms with Gasteiger partial charge in [-0.25, -0.2) is 20.0 Å². The zero-order valence-corrected chi connectivity index (χ0v) is 18.1. The van der Waals surface area contributed by atoms with E-state index in [9.17, 15) is 18.0 Å². The van der Waals surface area contributed by atoms with E-state index in [-0.39, 0.29) is 18.9 Å². The SMILES string of the molecule is CON(C(=O)c1cc2c(cc1C)nc(N)c1cncn12)C1COCc2nc(C(F)(F)F)ccc21. The van der Waals surface area contributed by atoms with E-state index in [1.807, 2.05) is 0 Å². The number of aromatic nitrogens is 4. The number of carbonyl (C=O) groups excluding carboxylic acids is 1. The summed E-state index contributed by atoms with van der Waals surface area (Å²) in [6.07, 6.45) is -1.44. The average molecular weight is 472 g/mol. The van der Waals surface area contributed by atoms with Gasteiger partial charge in [0.15, 0.2) is 0 Å². The van der Waals surface area contributed by atoms with Gasteiger partial charge in [-0.05, 0) is 30.7 Å². The van der Waals surface area contributed by atoms with Crippen molar-refractivity contribution in [1.29, 1.82) is 0 Å². The Labute approximate surface area is 190 Å². The minimum Gasteiger partial charge on any atom is -0.382 e. The van der Waals surface area contributed by atoms with Crippen molar-refractivity contribution in [2.75, 3.05) is 19.5 Å². The molecule has 2 N–H and O–H groups in total. The molecule has 0 saturated carbocycles. The summed E-state index contributed by atoms with van der Waals surface area (Å²) in [5.41, 5.74) is 8.26. The third kappa shape index (κ3) is 3.51. The standard InChI is InChI=1S/C22H19F3N6O3/c1-11-5-14-16(30-10-27-7-17(30)20(26)29-14)6-13(11)21(32)31(33-2)18-9-34-8-15-12(18)3-4-19(28-15)22(23,24)25/h3-7,10,18H,8-9H2,1-2H3,(H2,26,29). The Morgan fingerprint density at radius 2 is 2.06 bits per heavy atom. The average Bonchev–Trinajstić information content (AvgIpc) is 3.29. The van der Waals surface area contributed by atoms with Crippen LogP contribution < -0.4 is 5.73 Å². The number of nitrogens with zero attached hydrogens (tertiary/aromatic N) is 5. The quantitative estimate of drug-likeness (QED) is 0.455. The fraction of sp³-hybridized carbons (Fsp3) is 0.273. The number of carbonyl (C=O) groups is 1. The normalized spacial score (nSPS) is 16.1. The molecular formula is C22H19F3N6O3. The molecule has 5 rings (SSSR count). The molecule has 0 spiro atoms. The Bertz CT molecular complexity index is 1440. The molecule has 1 amide bonds. The number of hydroxylamine groups is 2. The largest absolute Gasteiger partial charge is 0.433 e. The molecule has 1 aliphatic rings. The lowest BCUT2D eigenvalue weighted by Crippen LogP contribution is -2.39. The maximum Gasteiger partial charge on any atom is 0.433 e. The van der Waals surface area contributed by atoms with Gasteiger partial charge in [-0.2, -0.15) is 13.2 Å². The summed E-state index contributed by atoms with van der Waals surface area (Å²) in [5, 5.41) is 1.09. The second-order valence-electron chi connectivity index (χ2n) is 7.88. The third-order valence-electron chi connectivity index (χ3n) is 5.81. The fourth-order valence-electron chi connectivity index (χ4n) is 4.17. The van der Waals surface area contributed by atoms with Crippen molar-refractivity contribution in [2.45, 2.75) is 25.7 Å². The number of anilines is 1. The summed E-state index contributed by atoms with van der Waals surface area (Å²) in [5.74, 6) is -0.183. The first kappa shape index (κ1) is 22.0. The van der Waals surface area contributed by atoms with E-state index in [2.05, 4.69) is 15.0 Å². The number of imidazole rings is 1. The van der Waals surface area contributed by atoms with Gasteiger partial charge in [0.2, 0.25) is 0 Å². The van der Waals surface area contributed by atoms with Crippen molar-refractivity contribution in [3.05, 3.63) is 64.9 Å². The van der Waals surface area contributed by atoms with Gasteiger partial charge in [-0.3, -0.25) is 14.0 Å². The van der Waals surface area contributed by atoms with Crippen LogP contribution in [-0.4, -0.2) is 44.0 Å². The highest BCUT2D eigenvalue weighted by Crippen LogP contribution is 2.34. The lowest BCUT2D eigenvalue weighted by atomic mass is 10.0. The van der Waals surface area contributed by atoms with Gasteiger partial charge in [0.25, 0.3) is 5.91 Å². The molecule has 3 aromatic heterocycles. The predicted octanol–water partition coefficient (Wildman–Crippen LogP) is 3.46. The molecule has 9 nitrogen and oxygen atoms in total. The predicted molar refractivity (Wildman–Crippen MR) is 114 cm³/mol. The van der Waals surface area contributed by atoms with Gasteiger partial charge in [-0.1, -0.05) is 6.07 Å². The minimum absolute atomic E-state index is 0.0378. The fourth-order valence-corrected chi connectivity index (χ4v) is 4.17. The highest BCUT2D eigenvalue weighted by Gasteiger charge is 2.37. The molecule has 0 saturated heterocycles. The van der Waals surface area contributed by atoms with Crippen LogP contribution in [0, 0.1) is 6.92 Å². The molecule has 0 radical (unpaired) electrons. The smallest absolute Gasteiger partial charge is 0.382 e. The summed E-state index contributed by atoms with van der Waals surface area (Å²) in [7, 11) is 1.32. The number of nitrogen functional groups attached to an aromatic ring is 1. The maximum absolute atomic E-state index is 13.6. The van der Waals surface area contributed by atoms with Crippen LogP contribution in [0.15, 0.2) is 36.8 Å². The van der Waals surface area contributed by atoms with Gasteiger partial charge in [0, 0.05) is 11.1 Å². The molecule has 0 bridgehead atoms. The molecule has 4 aromatic rings. The van der Waals surface area contributed by atoms with Crippen LogP contribution in [-0.2, 0) is 22.4 Å².